The molecule has 1 heterocycles. The molecule has 1 aromatic heterocycles. The van der Waals surface area contributed by atoms with E-state index in [1.54, 1.807) is 6.07 Å². The van der Waals surface area contributed by atoms with Crippen molar-refractivity contribution >= 4 is 17.2 Å². The lowest BCUT2D eigenvalue weighted by atomic mass is 10.2. The van der Waals surface area contributed by atoms with Crippen LogP contribution in [0, 0.1) is 11.8 Å². The van der Waals surface area contributed by atoms with Crippen molar-refractivity contribution < 1.29 is 9.90 Å². The molecule has 0 aliphatic rings. The summed E-state index contributed by atoms with van der Waals surface area (Å²) in [7, 11) is 4.02. The Kier molecular flexibility index (Phi) is 6.57. The molecule has 104 valence electrons. The van der Waals surface area contributed by atoms with Crippen molar-refractivity contribution in [2.45, 2.75) is 19.4 Å². The molecule has 5 heteroatoms. The van der Waals surface area contributed by atoms with Gasteiger partial charge in [0.15, 0.2) is 0 Å². The van der Waals surface area contributed by atoms with Crippen LogP contribution in [0.3, 0.4) is 0 Å². The molecule has 2 N–H and O–H groups in total. The molecule has 0 aromatic carbocycles. The van der Waals surface area contributed by atoms with E-state index in [4.69, 9.17) is 5.11 Å². The van der Waals surface area contributed by atoms with Gasteiger partial charge in [0.2, 0.25) is 0 Å². The van der Waals surface area contributed by atoms with Crippen LogP contribution in [0.5, 0.6) is 0 Å². The summed E-state index contributed by atoms with van der Waals surface area (Å²) in [6.45, 7) is 2.73. The Morgan fingerprint density at radius 1 is 1.58 bits per heavy atom. The van der Waals surface area contributed by atoms with Crippen molar-refractivity contribution in [3.8, 4) is 11.8 Å². The van der Waals surface area contributed by atoms with Gasteiger partial charge in [-0.15, -0.1) is 11.3 Å². The molecule has 0 radical (unpaired) electrons. The number of amides is 1. The highest BCUT2D eigenvalue weighted by Crippen LogP contribution is 2.16. The summed E-state index contributed by atoms with van der Waals surface area (Å²) in [5.41, 5.74) is 0.677. The largest absolute Gasteiger partial charge is 0.384 e. The van der Waals surface area contributed by atoms with E-state index in [-0.39, 0.29) is 18.6 Å². The first-order valence-corrected chi connectivity index (χ1v) is 7.05. The lowest BCUT2D eigenvalue weighted by Crippen LogP contribution is -2.34. The van der Waals surface area contributed by atoms with E-state index >= 15 is 0 Å². The number of hydrogen-bond acceptors (Lipinski definition) is 4. The molecular weight excluding hydrogens is 260 g/mol. The van der Waals surface area contributed by atoms with E-state index in [2.05, 4.69) is 22.1 Å². The van der Waals surface area contributed by atoms with Crippen LogP contribution in [0.4, 0.5) is 0 Å². The number of rotatable bonds is 5. The topological polar surface area (TPSA) is 52.6 Å². The summed E-state index contributed by atoms with van der Waals surface area (Å²) in [6, 6.07) is 1.92. The summed E-state index contributed by atoms with van der Waals surface area (Å²) in [5, 5.41) is 13.5. The zero-order valence-electron chi connectivity index (χ0n) is 11.6. The maximum Gasteiger partial charge on any atom is 0.262 e. The molecule has 1 amide bonds. The van der Waals surface area contributed by atoms with Crippen LogP contribution in [0.2, 0.25) is 0 Å². The Morgan fingerprint density at radius 2 is 2.32 bits per heavy atom. The third-order valence-electron chi connectivity index (χ3n) is 2.56. The molecule has 0 bridgehead atoms. The highest BCUT2D eigenvalue weighted by molar-refractivity contribution is 7.12. The molecule has 0 spiro atoms. The number of thiophene rings is 1. The predicted octanol–water partition coefficient (Wildman–Crippen LogP) is 1.16. The summed E-state index contributed by atoms with van der Waals surface area (Å²) in [6.07, 6.45) is 0.905. The smallest absolute Gasteiger partial charge is 0.262 e. The van der Waals surface area contributed by atoms with Gasteiger partial charge in [0, 0.05) is 11.6 Å². The van der Waals surface area contributed by atoms with E-state index < -0.39 is 0 Å². The number of nitrogens with one attached hydrogen (secondary N) is 1. The first-order chi connectivity index (χ1) is 9.04. The van der Waals surface area contributed by atoms with Crippen LogP contribution >= 0.6 is 11.3 Å². The minimum Gasteiger partial charge on any atom is -0.384 e. The van der Waals surface area contributed by atoms with Crippen LogP contribution in [0.1, 0.15) is 28.6 Å². The van der Waals surface area contributed by atoms with Crippen LogP contribution in [0.15, 0.2) is 11.4 Å². The average Bonchev–Trinajstić information content (AvgIpc) is 2.82. The van der Waals surface area contributed by atoms with Gasteiger partial charge >= 0.3 is 0 Å². The van der Waals surface area contributed by atoms with Gasteiger partial charge in [0.25, 0.3) is 5.91 Å². The van der Waals surface area contributed by atoms with Gasteiger partial charge in [-0.3, -0.25) is 4.79 Å². The van der Waals surface area contributed by atoms with Crippen LogP contribution in [-0.4, -0.2) is 49.2 Å². The van der Waals surface area contributed by atoms with E-state index in [9.17, 15) is 4.79 Å². The summed E-state index contributed by atoms with van der Waals surface area (Å²) >= 11 is 1.37. The molecule has 0 aliphatic carbocycles. The minimum atomic E-state index is -0.198. The van der Waals surface area contributed by atoms with Crippen molar-refractivity contribution in [3.63, 3.8) is 0 Å². The van der Waals surface area contributed by atoms with Gasteiger partial charge in [-0.1, -0.05) is 11.8 Å². The summed E-state index contributed by atoms with van der Waals surface area (Å²) < 4.78 is 0. The molecule has 0 aliphatic heterocycles. The van der Waals surface area contributed by atoms with Crippen molar-refractivity contribution in [3.05, 3.63) is 21.9 Å². The van der Waals surface area contributed by atoms with Crippen LogP contribution in [0.25, 0.3) is 0 Å². The average molecular weight is 280 g/mol. The van der Waals surface area contributed by atoms with Crippen LogP contribution in [-0.2, 0) is 0 Å². The number of carbonyl (C=O) groups excluding carboxylic acids is 1. The van der Waals surface area contributed by atoms with Crippen molar-refractivity contribution in [1.82, 2.24) is 10.2 Å². The highest BCUT2D eigenvalue weighted by Gasteiger charge is 2.14. The molecule has 1 atom stereocenters. The Bertz CT molecular complexity index is 471. The van der Waals surface area contributed by atoms with E-state index in [0.29, 0.717) is 10.4 Å². The molecule has 1 unspecified atom stereocenters. The van der Waals surface area contributed by atoms with E-state index in [0.717, 1.165) is 13.0 Å². The lowest BCUT2D eigenvalue weighted by Gasteiger charge is -2.16. The zero-order chi connectivity index (χ0) is 14.3. The van der Waals surface area contributed by atoms with Gasteiger partial charge in [-0.05, 0) is 45.4 Å². The van der Waals surface area contributed by atoms with E-state index in [1.165, 1.54) is 11.3 Å². The van der Waals surface area contributed by atoms with Gasteiger partial charge in [-0.2, -0.15) is 0 Å². The van der Waals surface area contributed by atoms with Crippen LogP contribution < -0.4 is 5.32 Å². The molecule has 0 saturated carbocycles. The van der Waals surface area contributed by atoms with Crippen molar-refractivity contribution in [1.29, 1.82) is 0 Å². The van der Waals surface area contributed by atoms with Crippen molar-refractivity contribution in [2.24, 2.45) is 0 Å². The second kappa shape index (κ2) is 7.95. The minimum absolute atomic E-state index is 0.0940. The second-order valence-electron chi connectivity index (χ2n) is 4.59. The third-order valence-corrected chi connectivity index (χ3v) is 3.47. The normalized spacial score (nSPS) is 11.8. The number of aliphatic hydroxyl groups is 1. The quantitative estimate of drug-likeness (QED) is 0.796. The first kappa shape index (κ1) is 15.7. The number of aliphatic hydroxyl groups excluding tert-OH is 1. The maximum absolute atomic E-state index is 12.1. The lowest BCUT2D eigenvalue weighted by molar-refractivity contribution is 0.0940. The highest BCUT2D eigenvalue weighted by atomic mass is 32.1. The Balaban J connectivity index is 2.60. The van der Waals surface area contributed by atoms with Gasteiger partial charge < -0.3 is 15.3 Å². The Morgan fingerprint density at radius 3 is 2.95 bits per heavy atom. The third kappa shape index (κ3) is 5.43. The number of nitrogens with zero attached hydrogens (tertiary/aromatic N) is 1. The fraction of sp³-hybridized carbons (Fsp3) is 0.500. The zero-order valence-corrected chi connectivity index (χ0v) is 12.4. The number of carbonyl (C=O) groups is 1. The predicted molar refractivity (Wildman–Crippen MR) is 78.4 cm³/mol. The standard InChI is InChI=1S/C14H20N2O2S/c1-11(6-8-16(2)3)15-14(18)13-12(5-4-9-17)7-10-19-13/h7,10-11,17H,6,8-9H2,1-3H3,(H,15,18). The SMILES string of the molecule is CC(CCN(C)C)NC(=O)c1sccc1C#CCO. The molecule has 1 aromatic rings. The molecule has 1 rings (SSSR count). The second-order valence-corrected chi connectivity index (χ2v) is 5.51. The number of hydrogen-bond donors (Lipinski definition) is 2. The van der Waals surface area contributed by atoms with Gasteiger partial charge in [-0.25, -0.2) is 0 Å². The van der Waals surface area contributed by atoms with E-state index in [1.807, 2.05) is 26.4 Å². The fourth-order valence-electron chi connectivity index (χ4n) is 1.53. The monoisotopic (exact) mass is 280 g/mol. The van der Waals surface area contributed by atoms with Crippen molar-refractivity contribution in [2.75, 3.05) is 27.2 Å². The molecule has 4 nitrogen and oxygen atoms in total. The molecule has 0 fully saturated rings. The Hall–Kier alpha value is -1.35. The first-order valence-electron chi connectivity index (χ1n) is 6.17. The van der Waals surface area contributed by atoms with Gasteiger partial charge in [0.05, 0.1) is 0 Å². The molecule has 0 saturated heterocycles. The maximum atomic E-state index is 12.1. The summed E-state index contributed by atoms with van der Waals surface area (Å²) in [4.78, 5) is 14.8. The Labute approximate surface area is 118 Å². The fourth-order valence-corrected chi connectivity index (χ4v) is 2.28. The molecular formula is C14H20N2O2S. The molecule has 19 heavy (non-hydrogen) atoms. The summed E-state index contributed by atoms with van der Waals surface area (Å²) in [5.74, 6) is 5.26. The van der Waals surface area contributed by atoms with Gasteiger partial charge in [0.1, 0.15) is 11.5 Å².